The zero-order valence-electron chi connectivity index (χ0n) is 16.6. The first-order chi connectivity index (χ1) is 14.6. The Hall–Kier alpha value is -2.60. The van der Waals surface area contributed by atoms with Gasteiger partial charge in [-0.05, 0) is 23.3 Å². The number of carbonyl (C=O) groups is 1. The molecule has 2 aromatic carbocycles. The summed E-state index contributed by atoms with van der Waals surface area (Å²) in [5.74, 6) is -0.572. The highest BCUT2D eigenvalue weighted by molar-refractivity contribution is 7.91. The molecule has 0 radical (unpaired) electrons. The van der Waals surface area contributed by atoms with Gasteiger partial charge in [0.2, 0.25) is 5.91 Å². The van der Waals surface area contributed by atoms with E-state index in [4.69, 9.17) is 0 Å². The Balaban J connectivity index is 2.04. The van der Waals surface area contributed by atoms with Crippen molar-refractivity contribution >= 4 is 15.7 Å². The normalized spacial score (nSPS) is 13.1. The molecule has 0 saturated carbocycles. The van der Waals surface area contributed by atoms with Crippen molar-refractivity contribution in [3.05, 3.63) is 65.2 Å². The van der Waals surface area contributed by atoms with Crippen LogP contribution in [0.15, 0.2) is 53.4 Å². The lowest BCUT2D eigenvalue weighted by Crippen LogP contribution is -2.53. The van der Waals surface area contributed by atoms with Crippen LogP contribution in [0.5, 0.6) is 0 Å². The van der Waals surface area contributed by atoms with Crippen LogP contribution >= 0.6 is 0 Å². The molecule has 0 heterocycles. The third-order valence-electron chi connectivity index (χ3n) is 4.71. The number of hydrogen-bond donors (Lipinski definition) is 2. The number of nitrogens with one attached hydrogen (secondary N) is 1. The summed E-state index contributed by atoms with van der Waals surface area (Å²) in [5, 5.41) is 11.8. The van der Waals surface area contributed by atoms with Gasteiger partial charge in [0.15, 0.2) is 9.84 Å². The van der Waals surface area contributed by atoms with Crippen LogP contribution in [-0.2, 0) is 33.2 Å². The fourth-order valence-electron chi connectivity index (χ4n) is 2.78. The Bertz CT molecular complexity index is 1030. The Morgan fingerprint density at radius 2 is 1.34 bits per heavy atom. The molecule has 32 heavy (non-hydrogen) atoms. The maximum Gasteiger partial charge on any atom is 0.430 e. The fourth-order valence-corrected chi connectivity index (χ4v) is 3.67. The van der Waals surface area contributed by atoms with E-state index < -0.39 is 39.3 Å². The molecular weight excluding hydrogens is 464 g/mol. The largest absolute Gasteiger partial charge is 0.430 e. The highest BCUT2D eigenvalue weighted by Gasteiger charge is 2.71. The van der Waals surface area contributed by atoms with E-state index in [0.717, 1.165) is 12.1 Å². The summed E-state index contributed by atoms with van der Waals surface area (Å²) in [6.07, 6.45) is -12.1. The van der Waals surface area contributed by atoms with Gasteiger partial charge in [-0.25, -0.2) is 8.42 Å². The molecule has 0 spiro atoms. The Kier molecular flexibility index (Phi) is 7.30. The first kappa shape index (κ1) is 25.7. The molecule has 0 fully saturated rings. The van der Waals surface area contributed by atoms with Crippen LogP contribution in [0.1, 0.15) is 23.6 Å². The van der Waals surface area contributed by atoms with Gasteiger partial charge in [0, 0.05) is 12.1 Å². The van der Waals surface area contributed by atoms with Crippen molar-refractivity contribution in [1.82, 2.24) is 5.32 Å². The summed E-state index contributed by atoms with van der Waals surface area (Å²) >= 11 is 0. The van der Waals surface area contributed by atoms with E-state index in [1.807, 2.05) is 0 Å². The number of sulfone groups is 1. The molecule has 0 aliphatic heterocycles. The number of aliphatic hydroxyl groups is 1. The number of alkyl halides is 6. The zero-order valence-corrected chi connectivity index (χ0v) is 17.4. The van der Waals surface area contributed by atoms with Gasteiger partial charge >= 0.3 is 12.4 Å². The molecule has 2 rings (SSSR count). The van der Waals surface area contributed by atoms with Gasteiger partial charge in [-0.3, -0.25) is 4.79 Å². The quantitative estimate of drug-likeness (QED) is 0.589. The van der Waals surface area contributed by atoms with Crippen molar-refractivity contribution in [2.45, 2.75) is 42.7 Å². The topological polar surface area (TPSA) is 83.5 Å². The lowest BCUT2D eigenvalue weighted by Gasteiger charge is -2.32. The van der Waals surface area contributed by atoms with E-state index in [1.54, 1.807) is 0 Å². The van der Waals surface area contributed by atoms with Crippen LogP contribution in [0.2, 0.25) is 0 Å². The minimum atomic E-state index is -5.98. The Morgan fingerprint density at radius 1 is 0.875 bits per heavy atom. The first-order valence-electron chi connectivity index (χ1n) is 9.15. The van der Waals surface area contributed by atoms with Crippen LogP contribution in [0.25, 0.3) is 0 Å². The molecule has 0 saturated heterocycles. The summed E-state index contributed by atoms with van der Waals surface area (Å²) in [6, 6.07) is 8.51. The maximum absolute atomic E-state index is 12.9. The number of rotatable bonds is 7. The monoisotopic (exact) mass is 483 g/mol. The third-order valence-corrected chi connectivity index (χ3v) is 6.46. The van der Waals surface area contributed by atoms with Crippen LogP contribution in [0.4, 0.5) is 26.3 Å². The van der Waals surface area contributed by atoms with E-state index in [2.05, 4.69) is 5.32 Å². The lowest BCUT2D eigenvalue weighted by atomic mass is 9.91. The van der Waals surface area contributed by atoms with E-state index in [0.29, 0.717) is 17.7 Å². The van der Waals surface area contributed by atoms with Crippen LogP contribution in [0.3, 0.4) is 0 Å². The summed E-state index contributed by atoms with van der Waals surface area (Å²) in [7, 11) is -3.38. The molecule has 12 heteroatoms. The third kappa shape index (κ3) is 5.41. The molecule has 0 atom stereocenters. The summed E-state index contributed by atoms with van der Waals surface area (Å²) in [4.78, 5) is 12.2. The number of halogens is 6. The van der Waals surface area contributed by atoms with Gasteiger partial charge in [0.05, 0.1) is 17.1 Å². The van der Waals surface area contributed by atoms with Crippen LogP contribution in [0, 0.1) is 0 Å². The maximum atomic E-state index is 12.9. The number of carbonyl (C=O) groups excluding carboxylic acids is 1. The Labute approximate surface area is 180 Å². The predicted octanol–water partition coefficient (Wildman–Crippen LogP) is 3.65. The van der Waals surface area contributed by atoms with E-state index in [9.17, 15) is 44.7 Å². The second kappa shape index (κ2) is 9.10. The first-order valence-corrected chi connectivity index (χ1v) is 10.8. The summed E-state index contributed by atoms with van der Waals surface area (Å²) < 4.78 is 101. The minimum Gasteiger partial charge on any atom is -0.369 e. The number of benzene rings is 2. The molecule has 2 aromatic rings. The highest BCUT2D eigenvalue weighted by atomic mass is 32.2. The predicted molar refractivity (Wildman–Crippen MR) is 102 cm³/mol. The molecule has 0 aliphatic carbocycles. The zero-order chi connectivity index (χ0) is 24.4. The van der Waals surface area contributed by atoms with Crippen molar-refractivity contribution in [1.29, 1.82) is 0 Å². The molecule has 0 bridgehead atoms. The van der Waals surface area contributed by atoms with Crippen molar-refractivity contribution in [2.24, 2.45) is 0 Å². The van der Waals surface area contributed by atoms with Crippen molar-refractivity contribution in [3.8, 4) is 0 Å². The van der Waals surface area contributed by atoms with Crippen molar-refractivity contribution < 1.29 is 44.7 Å². The average molecular weight is 483 g/mol. The fraction of sp³-hybridized carbons (Fsp3) is 0.350. The van der Waals surface area contributed by atoms with E-state index in [1.165, 1.54) is 31.2 Å². The molecular formula is C20H19F6NO4S. The van der Waals surface area contributed by atoms with Gasteiger partial charge in [-0.2, -0.15) is 26.3 Å². The van der Waals surface area contributed by atoms with Gasteiger partial charge in [0.1, 0.15) is 0 Å². The van der Waals surface area contributed by atoms with Crippen molar-refractivity contribution in [3.63, 3.8) is 0 Å². The molecule has 0 unspecified atom stereocenters. The van der Waals surface area contributed by atoms with Crippen LogP contribution < -0.4 is 5.32 Å². The van der Waals surface area contributed by atoms with Crippen molar-refractivity contribution in [2.75, 3.05) is 5.75 Å². The van der Waals surface area contributed by atoms with Gasteiger partial charge in [-0.15, -0.1) is 0 Å². The Morgan fingerprint density at radius 3 is 1.78 bits per heavy atom. The molecule has 5 nitrogen and oxygen atoms in total. The number of amides is 1. The smallest absolute Gasteiger partial charge is 0.369 e. The van der Waals surface area contributed by atoms with E-state index >= 15 is 0 Å². The standard InChI is InChI=1S/C20H19F6NO4S/c1-2-32(30,31)16-9-5-13(6-10-16)11-17(28)27-12-14-3-7-15(8-4-14)18(29,19(21,22)23)20(24,25)26/h3-10,29H,2,11-12H2,1H3,(H,27,28). The minimum absolute atomic E-state index is 0.0744. The second-order valence-electron chi connectivity index (χ2n) is 6.90. The molecule has 0 aromatic heterocycles. The summed E-state index contributed by atoms with van der Waals surface area (Å²) in [6.45, 7) is 1.31. The molecule has 0 aliphatic rings. The van der Waals surface area contributed by atoms with Gasteiger partial charge in [0.25, 0.3) is 5.60 Å². The lowest BCUT2D eigenvalue weighted by molar-refractivity contribution is -0.376. The van der Waals surface area contributed by atoms with E-state index in [-0.39, 0.29) is 29.2 Å². The summed E-state index contributed by atoms with van der Waals surface area (Å²) in [5.41, 5.74) is -5.69. The molecule has 176 valence electrons. The van der Waals surface area contributed by atoms with Crippen LogP contribution in [-0.4, -0.2) is 37.5 Å². The highest BCUT2D eigenvalue weighted by Crippen LogP contribution is 2.49. The molecule has 1 amide bonds. The average Bonchev–Trinajstić information content (AvgIpc) is 2.71. The number of hydrogen-bond acceptors (Lipinski definition) is 4. The van der Waals surface area contributed by atoms with Gasteiger partial charge < -0.3 is 10.4 Å². The second-order valence-corrected chi connectivity index (χ2v) is 9.18. The SMILES string of the molecule is CCS(=O)(=O)c1ccc(CC(=O)NCc2ccc(C(O)(C(F)(F)F)C(F)(F)F)cc2)cc1. The van der Waals surface area contributed by atoms with Gasteiger partial charge in [-0.1, -0.05) is 43.3 Å². The molecule has 2 N–H and O–H groups in total.